The van der Waals surface area contributed by atoms with E-state index in [9.17, 15) is 5.11 Å². The molecule has 0 unspecified atom stereocenters. The summed E-state index contributed by atoms with van der Waals surface area (Å²) in [5.41, 5.74) is -0.694. The van der Waals surface area contributed by atoms with Crippen LogP contribution in [-0.2, 0) is 4.74 Å². The first-order valence-electron chi connectivity index (χ1n) is 9.00. The fourth-order valence-corrected chi connectivity index (χ4v) is 3.36. The molecule has 2 fully saturated rings. The van der Waals surface area contributed by atoms with Gasteiger partial charge in [-0.15, -0.1) is 0 Å². The van der Waals surface area contributed by atoms with Crippen LogP contribution in [0.15, 0.2) is 4.99 Å². The van der Waals surface area contributed by atoms with Gasteiger partial charge in [0, 0.05) is 38.6 Å². The van der Waals surface area contributed by atoms with Crippen molar-refractivity contribution in [3.8, 4) is 0 Å². The molecule has 0 radical (unpaired) electrons. The van der Waals surface area contributed by atoms with Gasteiger partial charge in [-0.2, -0.15) is 0 Å². The zero-order valence-corrected chi connectivity index (χ0v) is 14.2. The van der Waals surface area contributed by atoms with Gasteiger partial charge in [0.05, 0.1) is 12.1 Å². The molecule has 0 spiro atoms. The van der Waals surface area contributed by atoms with Crippen LogP contribution >= 0.6 is 0 Å². The molecule has 1 saturated carbocycles. The minimum atomic E-state index is -0.694. The second-order valence-corrected chi connectivity index (χ2v) is 6.80. The van der Waals surface area contributed by atoms with Crippen LogP contribution in [0.2, 0.25) is 0 Å². The lowest BCUT2D eigenvalue weighted by Gasteiger charge is -2.32. The van der Waals surface area contributed by atoms with Gasteiger partial charge in [0.2, 0.25) is 0 Å². The zero-order valence-electron chi connectivity index (χ0n) is 14.2. The van der Waals surface area contributed by atoms with Gasteiger partial charge in [0.15, 0.2) is 5.96 Å². The number of nitrogens with one attached hydrogen (secondary N) is 2. The fraction of sp³-hybridized carbons (Fsp3) is 0.941. The second-order valence-electron chi connectivity index (χ2n) is 6.80. The molecule has 5 nitrogen and oxygen atoms in total. The Morgan fingerprint density at radius 1 is 1.18 bits per heavy atom. The Morgan fingerprint density at radius 3 is 2.45 bits per heavy atom. The lowest BCUT2D eigenvalue weighted by molar-refractivity contribution is -0.0566. The summed E-state index contributed by atoms with van der Waals surface area (Å²) in [5.74, 6) is 1.75. The maximum Gasteiger partial charge on any atom is 0.191 e. The second kappa shape index (κ2) is 8.73. The first-order chi connectivity index (χ1) is 10.6. The number of hydrogen-bond acceptors (Lipinski definition) is 3. The summed E-state index contributed by atoms with van der Waals surface area (Å²) in [5, 5.41) is 17.4. The topological polar surface area (TPSA) is 65.9 Å². The van der Waals surface area contributed by atoms with Gasteiger partial charge in [-0.25, -0.2) is 0 Å². The summed E-state index contributed by atoms with van der Waals surface area (Å²) >= 11 is 0. The summed E-state index contributed by atoms with van der Waals surface area (Å²) in [6.45, 7) is 6.94. The van der Waals surface area contributed by atoms with Crippen molar-refractivity contribution >= 4 is 5.96 Å². The van der Waals surface area contributed by atoms with Crippen molar-refractivity contribution in [3.05, 3.63) is 0 Å². The zero-order chi connectivity index (χ0) is 15.8. The molecule has 2 aliphatic rings. The molecule has 1 heterocycles. The van der Waals surface area contributed by atoms with Crippen LogP contribution in [0, 0.1) is 5.92 Å². The third kappa shape index (κ3) is 5.43. The standard InChI is InChI=1S/C17H33N3O2/c1-3-14-5-7-15(8-6-14)20-16(18-4-2)19-13-17(21)9-11-22-12-10-17/h14-15,21H,3-13H2,1-2H3,(H2,18,19,20). The number of hydrogen-bond donors (Lipinski definition) is 3. The molecule has 0 amide bonds. The van der Waals surface area contributed by atoms with Crippen LogP contribution in [0.25, 0.3) is 0 Å². The largest absolute Gasteiger partial charge is 0.388 e. The monoisotopic (exact) mass is 311 g/mol. The third-order valence-electron chi connectivity index (χ3n) is 5.06. The molecular weight excluding hydrogens is 278 g/mol. The Morgan fingerprint density at radius 2 is 1.86 bits per heavy atom. The maximum atomic E-state index is 10.5. The smallest absolute Gasteiger partial charge is 0.191 e. The molecule has 1 aliphatic carbocycles. The molecule has 0 atom stereocenters. The van der Waals surface area contributed by atoms with Crippen LogP contribution in [0.3, 0.4) is 0 Å². The molecular formula is C17H33N3O2. The van der Waals surface area contributed by atoms with Crippen molar-refractivity contribution in [1.82, 2.24) is 10.6 Å². The average Bonchev–Trinajstić information content (AvgIpc) is 2.54. The van der Waals surface area contributed by atoms with Crippen molar-refractivity contribution in [2.45, 2.75) is 70.4 Å². The number of nitrogens with zero attached hydrogens (tertiary/aromatic N) is 1. The number of aliphatic imine (C=N–C) groups is 1. The summed E-state index contributed by atoms with van der Waals surface area (Å²) < 4.78 is 5.32. The van der Waals surface area contributed by atoms with Crippen molar-refractivity contribution in [2.24, 2.45) is 10.9 Å². The van der Waals surface area contributed by atoms with E-state index in [1.54, 1.807) is 0 Å². The Bertz CT molecular complexity index is 346. The lowest BCUT2D eigenvalue weighted by Crippen LogP contribution is -2.46. The van der Waals surface area contributed by atoms with E-state index < -0.39 is 5.60 Å². The highest BCUT2D eigenvalue weighted by molar-refractivity contribution is 5.80. The molecule has 0 aromatic heterocycles. The first-order valence-corrected chi connectivity index (χ1v) is 9.00. The molecule has 0 aromatic rings. The third-order valence-corrected chi connectivity index (χ3v) is 5.06. The molecule has 128 valence electrons. The molecule has 22 heavy (non-hydrogen) atoms. The summed E-state index contributed by atoms with van der Waals surface area (Å²) in [6, 6.07) is 0.518. The van der Waals surface area contributed by atoms with Gasteiger partial charge in [0.25, 0.3) is 0 Å². The van der Waals surface area contributed by atoms with Crippen LogP contribution in [-0.4, -0.2) is 49.0 Å². The van der Waals surface area contributed by atoms with Gasteiger partial charge in [-0.1, -0.05) is 13.3 Å². The van der Waals surface area contributed by atoms with Crippen molar-refractivity contribution in [3.63, 3.8) is 0 Å². The Kier molecular flexibility index (Phi) is 6.96. The van der Waals surface area contributed by atoms with E-state index in [0.717, 1.165) is 18.4 Å². The lowest BCUT2D eigenvalue weighted by atomic mass is 9.84. The maximum absolute atomic E-state index is 10.5. The predicted octanol–water partition coefficient (Wildman–Crippen LogP) is 2.05. The van der Waals surface area contributed by atoms with Gasteiger partial charge in [-0.05, 0) is 38.5 Å². The molecule has 2 rings (SSSR count). The van der Waals surface area contributed by atoms with Crippen molar-refractivity contribution in [2.75, 3.05) is 26.3 Å². The first kappa shape index (κ1) is 17.5. The Labute approximate surface area is 134 Å². The molecule has 1 aliphatic heterocycles. The Hall–Kier alpha value is -0.810. The van der Waals surface area contributed by atoms with Gasteiger partial charge in [0.1, 0.15) is 0 Å². The minimum absolute atomic E-state index is 0.454. The molecule has 0 aromatic carbocycles. The summed E-state index contributed by atoms with van der Waals surface area (Å²) in [6.07, 6.45) is 7.73. The SMILES string of the molecule is CCNC(=NCC1(O)CCOCC1)NC1CCC(CC)CC1. The minimum Gasteiger partial charge on any atom is -0.388 e. The van der Waals surface area contributed by atoms with Crippen LogP contribution in [0.1, 0.15) is 58.8 Å². The van der Waals surface area contributed by atoms with Crippen LogP contribution in [0.5, 0.6) is 0 Å². The van der Waals surface area contributed by atoms with Crippen LogP contribution in [0.4, 0.5) is 0 Å². The van der Waals surface area contributed by atoms with Gasteiger partial charge < -0.3 is 20.5 Å². The van der Waals surface area contributed by atoms with E-state index in [-0.39, 0.29) is 0 Å². The molecule has 5 heteroatoms. The van der Waals surface area contributed by atoms with E-state index in [1.165, 1.54) is 32.1 Å². The number of ether oxygens (including phenoxy) is 1. The van der Waals surface area contributed by atoms with E-state index in [0.29, 0.717) is 38.6 Å². The molecule has 3 N–H and O–H groups in total. The van der Waals surface area contributed by atoms with Crippen molar-refractivity contribution < 1.29 is 9.84 Å². The van der Waals surface area contributed by atoms with Crippen molar-refractivity contribution in [1.29, 1.82) is 0 Å². The van der Waals surface area contributed by atoms with E-state index in [2.05, 4.69) is 29.5 Å². The predicted molar refractivity (Wildman–Crippen MR) is 90.2 cm³/mol. The number of rotatable bonds is 5. The fourth-order valence-electron chi connectivity index (χ4n) is 3.36. The molecule has 0 bridgehead atoms. The highest BCUT2D eigenvalue weighted by atomic mass is 16.5. The molecule has 1 saturated heterocycles. The highest BCUT2D eigenvalue weighted by Crippen LogP contribution is 2.26. The number of guanidine groups is 1. The average molecular weight is 311 g/mol. The quantitative estimate of drug-likeness (QED) is 0.537. The van der Waals surface area contributed by atoms with E-state index in [4.69, 9.17) is 4.74 Å². The summed E-state index contributed by atoms with van der Waals surface area (Å²) in [7, 11) is 0. The van der Waals surface area contributed by atoms with Gasteiger partial charge >= 0.3 is 0 Å². The Balaban J connectivity index is 1.84. The van der Waals surface area contributed by atoms with Gasteiger partial charge in [-0.3, -0.25) is 4.99 Å². The van der Waals surface area contributed by atoms with Crippen LogP contribution < -0.4 is 10.6 Å². The highest BCUT2D eigenvalue weighted by Gasteiger charge is 2.29. The summed E-state index contributed by atoms with van der Waals surface area (Å²) in [4.78, 5) is 4.63. The van der Waals surface area contributed by atoms with E-state index >= 15 is 0 Å². The normalized spacial score (nSPS) is 29.1. The number of aliphatic hydroxyl groups is 1. The van der Waals surface area contributed by atoms with E-state index in [1.807, 2.05) is 0 Å².